The van der Waals surface area contributed by atoms with E-state index in [0.29, 0.717) is 48.7 Å². The maximum absolute atomic E-state index is 13.3. The maximum Gasteiger partial charge on any atom is 0.255 e. The lowest BCUT2D eigenvalue weighted by atomic mass is 10.0. The van der Waals surface area contributed by atoms with Gasteiger partial charge in [-0.15, -0.1) is 0 Å². The van der Waals surface area contributed by atoms with Gasteiger partial charge in [0.15, 0.2) is 0 Å². The van der Waals surface area contributed by atoms with Crippen LogP contribution in [0.5, 0.6) is 5.75 Å². The molecule has 3 aromatic rings. The Morgan fingerprint density at radius 1 is 1.03 bits per heavy atom. The van der Waals surface area contributed by atoms with E-state index in [1.165, 1.54) is 0 Å². The number of carbonyl (C=O) groups excluding carboxylic acids is 3. The molecule has 1 heterocycles. The van der Waals surface area contributed by atoms with Gasteiger partial charge in [0.25, 0.3) is 5.91 Å². The summed E-state index contributed by atoms with van der Waals surface area (Å²) in [7, 11) is 0. The molecule has 0 aromatic heterocycles. The second-order valence-electron chi connectivity index (χ2n) is 9.79. The van der Waals surface area contributed by atoms with Crippen LogP contribution in [0.25, 0.3) is 0 Å². The van der Waals surface area contributed by atoms with E-state index in [4.69, 9.17) is 16.3 Å². The van der Waals surface area contributed by atoms with Crippen molar-refractivity contribution in [2.45, 2.75) is 38.6 Å². The summed E-state index contributed by atoms with van der Waals surface area (Å²) in [5.41, 5.74) is 3.36. The molecule has 0 aliphatic carbocycles. The van der Waals surface area contributed by atoms with Crippen LogP contribution in [-0.4, -0.2) is 54.9 Å². The highest BCUT2D eigenvalue weighted by Gasteiger charge is 2.22. The topological polar surface area (TPSA) is 87.7 Å². The van der Waals surface area contributed by atoms with Crippen molar-refractivity contribution in [2.24, 2.45) is 0 Å². The third kappa shape index (κ3) is 8.32. The van der Waals surface area contributed by atoms with Gasteiger partial charge in [0.05, 0.1) is 24.6 Å². The first-order valence-electron chi connectivity index (χ1n) is 13.2. The molecule has 204 valence electrons. The fourth-order valence-corrected chi connectivity index (χ4v) is 4.76. The summed E-state index contributed by atoms with van der Waals surface area (Å²) >= 11 is 6.18. The van der Waals surface area contributed by atoms with Crippen molar-refractivity contribution < 1.29 is 19.1 Å². The number of nitrogens with one attached hydrogen (secondary N) is 2. The van der Waals surface area contributed by atoms with Crippen molar-refractivity contribution in [1.82, 2.24) is 15.5 Å². The standard InChI is InChI=1S/C31H34ClN3O4/c1-22-9-5-6-12-24(22)18-30(37)35-16-8-7-15-33-31(38)27-19-25(32)13-14-28(27)39-21-26(34-29(36)20-35)17-23-10-3-2-4-11-23/h2-6,9-14,19,26H,7-8,15-18,20-21H2,1H3,(H,33,38)(H,34,36)/t26-/m1/s1. The largest absolute Gasteiger partial charge is 0.491 e. The van der Waals surface area contributed by atoms with Crippen molar-refractivity contribution in [1.29, 1.82) is 0 Å². The minimum Gasteiger partial charge on any atom is -0.491 e. The highest BCUT2D eigenvalue weighted by molar-refractivity contribution is 6.31. The Bertz CT molecular complexity index is 1300. The zero-order valence-electron chi connectivity index (χ0n) is 22.1. The number of carbonyl (C=O) groups is 3. The van der Waals surface area contributed by atoms with Crippen molar-refractivity contribution in [2.75, 3.05) is 26.2 Å². The molecular weight excluding hydrogens is 514 g/mol. The number of fused-ring (bicyclic) bond motifs is 1. The number of aryl methyl sites for hydroxylation is 1. The Labute approximate surface area is 234 Å². The highest BCUT2D eigenvalue weighted by atomic mass is 35.5. The van der Waals surface area contributed by atoms with Crippen LogP contribution >= 0.6 is 11.6 Å². The molecule has 0 spiro atoms. The van der Waals surface area contributed by atoms with Gasteiger partial charge in [-0.2, -0.15) is 0 Å². The molecule has 0 fully saturated rings. The van der Waals surface area contributed by atoms with Gasteiger partial charge in [-0.3, -0.25) is 14.4 Å². The molecule has 4 rings (SSSR count). The van der Waals surface area contributed by atoms with Crippen LogP contribution in [0, 0.1) is 6.92 Å². The second-order valence-corrected chi connectivity index (χ2v) is 10.2. The number of nitrogens with zero attached hydrogens (tertiary/aromatic N) is 1. The Kier molecular flexibility index (Phi) is 9.97. The van der Waals surface area contributed by atoms with Crippen LogP contribution < -0.4 is 15.4 Å². The number of rotatable bonds is 4. The van der Waals surface area contributed by atoms with Crippen molar-refractivity contribution in [3.05, 3.63) is 100 Å². The normalized spacial score (nSPS) is 17.1. The number of ether oxygens (including phenoxy) is 1. The van der Waals surface area contributed by atoms with Gasteiger partial charge in [-0.1, -0.05) is 66.2 Å². The lowest BCUT2D eigenvalue weighted by molar-refractivity contribution is -0.136. The molecule has 1 aliphatic rings. The average Bonchev–Trinajstić information content (AvgIpc) is 2.93. The highest BCUT2D eigenvalue weighted by Crippen LogP contribution is 2.23. The molecule has 0 radical (unpaired) electrons. The zero-order valence-corrected chi connectivity index (χ0v) is 22.9. The van der Waals surface area contributed by atoms with E-state index < -0.39 is 0 Å². The lowest BCUT2D eigenvalue weighted by Gasteiger charge is -2.25. The third-order valence-electron chi connectivity index (χ3n) is 6.75. The van der Waals surface area contributed by atoms with Crippen LogP contribution in [0.1, 0.15) is 39.9 Å². The molecule has 3 amide bonds. The quantitative estimate of drug-likeness (QED) is 0.508. The van der Waals surface area contributed by atoms with E-state index in [9.17, 15) is 14.4 Å². The molecule has 3 aromatic carbocycles. The maximum atomic E-state index is 13.3. The SMILES string of the molecule is Cc1ccccc1CC(=O)N1CCCCNC(=O)c2cc(Cl)ccc2OC[C@@H](Cc2ccccc2)NC(=O)C1. The molecule has 0 bridgehead atoms. The van der Waals surface area contributed by atoms with Crippen molar-refractivity contribution in [3.8, 4) is 5.75 Å². The van der Waals surface area contributed by atoms with Gasteiger partial charge >= 0.3 is 0 Å². The smallest absolute Gasteiger partial charge is 0.255 e. The van der Waals surface area contributed by atoms with Crippen LogP contribution in [0.3, 0.4) is 0 Å². The summed E-state index contributed by atoms with van der Waals surface area (Å²) in [4.78, 5) is 41.1. The van der Waals surface area contributed by atoms with Crippen LogP contribution in [0.4, 0.5) is 0 Å². The first-order chi connectivity index (χ1) is 18.9. The number of hydrogen-bond donors (Lipinski definition) is 2. The Balaban J connectivity index is 1.55. The summed E-state index contributed by atoms with van der Waals surface area (Å²) < 4.78 is 6.07. The van der Waals surface area contributed by atoms with Gasteiger partial charge in [-0.05, 0) is 61.1 Å². The first kappa shape index (κ1) is 28.2. The van der Waals surface area contributed by atoms with E-state index in [0.717, 1.165) is 16.7 Å². The third-order valence-corrected chi connectivity index (χ3v) is 6.98. The predicted molar refractivity (Wildman–Crippen MR) is 152 cm³/mol. The van der Waals surface area contributed by atoms with Gasteiger partial charge in [0.2, 0.25) is 11.8 Å². The van der Waals surface area contributed by atoms with Crippen molar-refractivity contribution in [3.63, 3.8) is 0 Å². The van der Waals surface area contributed by atoms with E-state index >= 15 is 0 Å². The number of benzene rings is 3. The van der Waals surface area contributed by atoms with Crippen molar-refractivity contribution >= 4 is 29.3 Å². The minimum absolute atomic E-state index is 0.0471. The van der Waals surface area contributed by atoms with E-state index in [-0.39, 0.29) is 43.3 Å². The fraction of sp³-hybridized carbons (Fsp3) is 0.323. The van der Waals surface area contributed by atoms with Gasteiger partial charge in [0.1, 0.15) is 12.4 Å². The minimum atomic E-state index is -0.384. The summed E-state index contributed by atoms with van der Waals surface area (Å²) in [5.74, 6) is -0.239. The molecule has 0 saturated heterocycles. The Morgan fingerprint density at radius 3 is 2.59 bits per heavy atom. The summed E-state index contributed by atoms with van der Waals surface area (Å²) in [5, 5.41) is 6.42. The number of hydrogen-bond acceptors (Lipinski definition) is 4. The summed E-state index contributed by atoms with van der Waals surface area (Å²) in [6, 6.07) is 22.1. The molecule has 8 heteroatoms. The van der Waals surface area contributed by atoms with Gasteiger partial charge < -0.3 is 20.3 Å². The van der Waals surface area contributed by atoms with Crippen LogP contribution in [0.2, 0.25) is 5.02 Å². The molecular formula is C31H34ClN3O4. The molecule has 1 aliphatic heterocycles. The van der Waals surface area contributed by atoms with E-state index in [1.807, 2.05) is 61.5 Å². The molecule has 39 heavy (non-hydrogen) atoms. The molecule has 1 atom stereocenters. The zero-order chi connectivity index (χ0) is 27.6. The summed E-state index contributed by atoms with van der Waals surface area (Å²) in [6.07, 6.45) is 2.04. The lowest BCUT2D eigenvalue weighted by Crippen LogP contribution is -2.47. The Hall–Kier alpha value is -3.84. The monoisotopic (exact) mass is 547 g/mol. The van der Waals surface area contributed by atoms with Gasteiger partial charge in [0, 0.05) is 18.1 Å². The Morgan fingerprint density at radius 2 is 1.79 bits per heavy atom. The second kappa shape index (κ2) is 13.8. The van der Waals surface area contributed by atoms with Crippen LogP contribution in [0.15, 0.2) is 72.8 Å². The van der Waals surface area contributed by atoms with E-state index in [2.05, 4.69) is 10.6 Å². The number of amides is 3. The van der Waals surface area contributed by atoms with Crippen LogP contribution in [-0.2, 0) is 22.4 Å². The molecule has 7 nitrogen and oxygen atoms in total. The predicted octanol–water partition coefficient (Wildman–Crippen LogP) is 4.35. The summed E-state index contributed by atoms with van der Waals surface area (Å²) in [6.45, 7) is 2.90. The molecule has 0 saturated carbocycles. The number of halogens is 1. The average molecular weight is 548 g/mol. The molecule has 0 unspecified atom stereocenters. The van der Waals surface area contributed by atoms with E-state index in [1.54, 1.807) is 23.1 Å². The van der Waals surface area contributed by atoms with Gasteiger partial charge in [-0.25, -0.2) is 0 Å². The first-order valence-corrected chi connectivity index (χ1v) is 13.6. The molecule has 2 N–H and O–H groups in total. The fourth-order valence-electron chi connectivity index (χ4n) is 4.59.